The summed E-state index contributed by atoms with van der Waals surface area (Å²) in [5, 5.41) is 12.7. The van der Waals surface area contributed by atoms with Crippen LogP contribution in [0.15, 0.2) is 29.3 Å². The van der Waals surface area contributed by atoms with E-state index >= 15 is 0 Å². The van der Waals surface area contributed by atoms with E-state index in [9.17, 15) is 5.11 Å². The molecule has 0 aliphatic carbocycles. The molecule has 5 heteroatoms. The lowest BCUT2D eigenvalue weighted by molar-refractivity contribution is 0.114. The zero-order valence-corrected chi connectivity index (χ0v) is 13.6. The molecule has 0 radical (unpaired) electrons. The number of nitrogens with zero attached hydrogens (tertiary/aromatic N) is 2. The first-order valence-electron chi connectivity index (χ1n) is 8.11. The Hall–Kier alpha value is -1.75. The second kappa shape index (κ2) is 8.63. The minimum Gasteiger partial charge on any atom is -0.508 e. The fourth-order valence-electron chi connectivity index (χ4n) is 2.64. The van der Waals surface area contributed by atoms with Crippen molar-refractivity contribution in [2.75, 3.05) is 32.8 Å². The van der Waals surface area contributed by atoms with Crippen molar-refractivity contribution in [3.05, 3.63) is 29.8 Å². The first-order chi connectivity index (χ1) is 10.7. The molecule has 0 aromatic heterocycles. The molecule has 5 nitrogen and oxygen atoms in total. The molecule has 1 aliphatic heterocycles. The molecule has 0 bridgehead atoms. The summed E-state index contributed by atoms with van der Waals surface area (Å²) in [4.78, 5) is 7.03. The Morgan fingerprint density at radius 1 is 1.36 bits per heavy atom. The maximum atomic E-state index is 9.32. The van der Waals surface area contributed by atoms with E-state index in [2.05, 4.69) is 17.1 Å². The Kier molecular flexibility index (Phi) is 6.52. The molecule has 22 heavy (non-hydrogen) atoms. The van der Waals surface area contributed by atoms with Crippen molar-refractivity contribution in [2.45, 2.75) is 26.8 Å². The van der Waals surface area contributed by atoms with E-state index < -0.39 is 0 Å². The smallest absolute Gasteiger partial charge is 0.194 e. The molecule has 2 N–H and O–H groups in total. The van der Waals surface area contributed by atoms with Crippen LogP contribution in [0.2, 0.25) is 0 Å². The van der Waals surface area contributed by atoms with Gasteiger partial charge in [0, 0.05) is 32.2 Å². The Bertz CT molecular complexity index is 473. The van der Waals surface area contributed by atoms with Crippen molar-refractivity contribution in [1.82, 2.24) is 10.2 Å². The van der Waals surface area contributed by atoms with Crippen LogP contribution in [0.5, 0.6) is 5.75 Å². The molecule has 1 aliphatic rings. The Morgan fingerprint density at radius 2 is 2.14 bits per heavy atom. The molecule has 1 unspecified atom stereocenters. The van der Waals surface area contributed by atoms with E-state index in [1.54, 1.807) is 12.1 Å². The zero-order valence-electron chi connectivity index (χ0n) is 13.6. The van der Waals surface area contributed by atoms with Gasteiger partial charge in [0.2, 0.25) is 0 Å². The molecule has 0 spiro atoms. The first kappa shape index (κ1) is 16.6. The maximum absolute atomic E-state index is 9.32. The van der Waals surface area contributed by atoms with Gasteiger partial charge in [-0.25, -0.2) is 4.99 Å². The molecular formula is C17H27N3O2. The SMILES string of the molecule is CCNC(=NCc1ccc(O)cc1)N1CCC(COCC)C1. The Labute approximate surface area is 133 Å². The highest BCUT2D eigenvalue weighted by molar-refractivity contribution is 5.80. The van der Waals surface area contributed by atoms with Crippen molar-refractivity contribution in [1.29, 1.82) is 0 Å². The highest BCUT2D eigenvalue weighted by Gasteiger charge is 2.24. The average molecular weight is 305 g/mol. The van der Waals surface area contributed by atoms with Crippen LogP contribution < -0.4 is 5.32 Å². The molecule has 1 heterocycles. The van der Waals surface area contributed by atoms with Gasteiger partial charge in [0.1, 0.15) is 5.75 Å². The molecule has 1 fully saturated rings. The fourth-order valence-corrected chi connectivity index (χ4v) is 2.64. The van der Waals surface area contributed by atoms with Crippen LogP contribution in [0.1, 0.15) is 25.8 Å². The number of likely N-dealkylation sites (tertiary alicyclic amines) is 1. The van der Waals surface area contributed by atoms with Gasteiger partial charge < -0.3 is 20.1 Å². The number of aliphatic imine (C=N–C) groups is 1. The number of rotatable bonds is 6. The van der Waals surface area contributed by atoms with Crippen LogP contribution in [0.4, 0.5) is 0 Å². The van der Waals surface area contributed by atoms with Crippen molar-refractivity contribution >= 4 is 5.96 Å². The number of ether oxygens (including phenoxy) is 1. The lowest BCUT2D eigenvalue weighted by Gasteiger charge is -2.21. The van der Waals surface area contributed by atoms with Gasteiger partial charge in [0.15, 0.2) is 5.96 Å². The number of nitrogens with one attached hydrogen (secondary N) is 1. The third-order valence-electron chi connectivity index (χ3n) is 3.83. The molecule has 2 rings (SSSR count). The van der Waals surface area contributed by atoms with Crippen LogP contribution >= 0.6 is 0 Å². The van der Waals surface area contributed by atoms with Gasteiger partial charge in [-0.3, -0.25) is 0 Å². The summed E-state index contributed by atoms with van der Waals surface area (Å²) in [6.07, 6.45) is 1.16. The summed E-state index contributed by atoms with van der Waals surface area (Å²) >= 11 is 0. The lowest BCUT2D eigenvalue weighted by atomic mass is 10.1. The van der Waals surface area contributed by atoms with Crippen molar-refractivity contribution < 1.29 is 9.84 Å². The van der Waals surface area contributed by atoms with Gasteiger partial charge in [-0.05, 0) is 38.0 Å². The minimum absolute atomic E-state index is 0.290. The van der Waals surface area contributed by atoms with Gasteiger partial charge in [-0.1, -0.05) is 12.1 Å². The Balaban J connectivity index is 1.94. The van der Waals surface area contributed by atoms with E-state index in [0.29, 0.717) is 12.5 Å². The maximum Gasteiger partial charge on any atom is 0.194 e. The fraction of sp³-hybridized carbons (Fsp3) is 0.588. The van der Waals surface area contributed by atoms with Crippen molar-refractivity contribution in [2.24, 2.45) is 10.9 Å². The Morgan fingerprint density at radius 3 is 2.82 bits per heavy atom. The van der Waals surface area contributed by atoms with Gasteiger partial charge >= 0.3 is 0 Å². The largest absolute Gasteiger partial charge is 0.508 e. The third-order valence-corrected chi connectivity index (χ3v) is 3.83. The van der Waals surface area contributed by atoms with Crippen LogP contribution in [0.25, 0.3) is 0 Å². The van der Waals surface area contributed by atoms with E-state index in [0.717, 1.165) is 50.8 Å². The second-order valence-corrected chi connectivity index (χ2v) is 5.60. The third kappa shape index (κ3) is 4.91. The van der Waals surface area contributed by atoms with Crippen LogP contribution in [-0.2, 0) is 11.3 Å². The van der Waals surface area contributed by atoms with E-state index in [4.69, 9.17) is 9.73 Å². The average Bonchev–Trinajstić information content (AvgIpc) is 2.99. The van der Waals surface area contributed by atoms with Crippen LogP contribution in [0, 0.1) is 5.92 Å². The molecule has 0 saturated carbocycles. The number of hydrogen-bond donors (Lipinski definition) is 2. The number of hydrogen-bond acceptors (Lipinski definition) is 3. The normalized spacial score (nSPS) is 18.7. The summed E-state index contributed by atoms with van der Waals surface area (Å²) < 4.78 is 5.54. The van der Waals surface area contributed by atoms with Gasteiger partial charge in [-0.2, -0.15) is 0 Å². The summed E-state index contributed by atoms with van der Waals surface area (Å²) in [7, 11) is 0. The van der Waals surface area contributed by atoms with Crippen molar-refractivity contribution in [3.8, 4) is 5.75 Å². The van der Waals surface area contributed by atoms with Crippen LogP contribution in [-0.4, -0.2) is 48.8 Å². The van der Waals surface area contributed by atoms with Gasteiger partial charge in [0.05, 0.1) is 13.2 Å². The van der Waals surface area contributed by atoms with E-state index in [1.807, 2.05) is 19.1 Å². The minimum atomic E-state index is 0.290. The molecule has 1 aromatic rings. The van der Waals surface area contributed by atoms with E-state index in [-0.39, 0.29) is 5.75 Å². The lowest BCUT2D eigenvalue weighted by Crippen LogP contribution is -2.40. The predicted molar refractivity (Wildman–Crippen MR) is 89.1 cm³/mol. The van der Waals surface area contributed by atoms with Crippen LogP contribution in [0.3, 0.4) is 0 Å². The molecule has 1 saturated heterocycles. The zero-order chi connectivity index (χ0) is 15.8. The molecule has 1 atom stereocenters. The van der Waals surface area contributed by atoms with Gasteiger partial charge in [0.25, 0.3) is 0 Å². The first-order valence-corrected chi connectivity index (χ1v) is 8.11. The predicted octanol–water partition coefficient (Wildman–Crippen LogP) is 2.22. The summed E-state index contributed by atoms with van der Waals surface area (Å²) in [5.41, 5.74) is 1.10. The topological polar surface area (TPSA) is 57.1 Å². The number of phenolic OH excluding ortho intramolecular Hbond substituents is 1. The summed E-state index contributed by atoms with van der Waals surface area (Å²) in [6.45, 7) is 9.26. The number of guanidine groups is 1. The monoisotopic (exact) mass is 305 g/mol. The quantitative estimate of drug-likeness (QED) is 0.625. The highest BCUT2D eigenvalue weighted by Crippen LogP contribution is 2.17. The molecular weight excluding hydrogens is 278 g/mol. The molecule has 122 valence electrons. The number of aromatic hydroxyl groups is 1. The van der Waals surface area contributed by atoms with Gasteiger partial charge in [-0.15, -0.1) is 0 Å². The molecule has 1 aromatic carbocycles. The highest BCUT2D eigenvalue weighted by atomic mass is 16.5. The molecule has 0 amide bonds. The summed E-state index contributed by atoms with van der Waals surface area (Å²) in [6, 6.07) is 7.21. The number of phenols is 1. The number of benzene rings is 1. The summed E-state index contributed by atoms with van der Waals surface area (Å²) in [5.74, 6) is 1.85. The standard InChI is InChI=1S/C17H27N3O2/c1-3-18-17(19-11-14-5-7-16(21)8-6-14)20-10-9-15(12-20)13-22-4-2/h5-8,15,21H,3-4,9-13H2,1-2H3,(H,18,19). The van der Waals surface area contributed by atoms with Crippen molar-refractivity contribution in [3.63, 3.8) is 0 Å². The second-order valence-electron chi connectivity index (χ2n) is 5.60. The van der Waals surface area contributed by atoms with E-state index in [1.165, 1.54) is 0 Å².